The van der Waals surface area contributed by atoms with Crippen LogP contribution >= 0.6 is 47.8 Å². The number of H-pyrrole nitrogens is 1. The summed E-state index contributed by atoms with van der Waals surface area (Å²) in [5.41, 5.74) is 0.989. The minimum Gasteiger partial charge on any atom is -0.536 e. The maximum Gasteiger partial charge on any atom is 0.569 e. The molecule has 0 spiro atoms. The zero-order chi connectivity index (χ0) is 84.3. The van der Waals surface area contributed by atoms with Crippen molar-refractivity contribution in [2.45, 2.75) is 46.8 Å². The second-order valence-corrected chi connectivity index (χ2v) is 26.1. The van der Waals surface area contributed by atoms with Crippen LogP contribution in [-0.2, 0) is 35.5 Å². The number of pyridine rings is 10. The van der Waals surface area contributed by atoms with Crippen molar-refractivity contribution in [3.8, 4) is 16.9 Å². The number of nitrogens with zero attached hydrogens (tertiary/aromatic N) is 9. The fraction of sp³-hybridized carbons (Fsp3) is 0.125. The highest BCUT2D eigenvalue weighted by atomic mass is 79.9. The number of fused-ring (bicyclic) bond motifs is 4. The topological polar surface area (TPSA) is 333 Å². The average Bonchev–Trinajstić information content (AvgIpc) is 0.782. The number of para-hydroxylation sites is 4. The lowest BCUT2D eigenvalue weighted by atomic mass is 10.1. The lowest BCUT2D eigenvalue weighted by Gasteiger charge is -2.13. The number of carboxylic acid groups (broad SMARTS) is 2. The highest BCUT2D eigenvalue weighted by molar-refractivity contribution is 9.11. The van der Waals surface area contributed by atoms with E-state index in [0.717, 1.165) is 44.0 Å². The van der Waals surface area contributed by atoms with Crippen LogP contribution in [0.5, 0.6) is 5.75 Å². The summed E-state index contributed by atoms with van der Waals surface area (Å²) in [6.45, 7) is 6.13. The molecule has 0 unspecified atom stereocenters. The number of ether oxygens (including phenoxy) is 2. The van der Waals surface area contributed by atoms with Gasteiger partial charge in [-0.2, -0.15) is 8.78 Å². The van der Waals surface area contributed by atoms with Crippen LogP contribution < -0.4 is 26.4 Å². The van der Waals surface area contributed by atoms with Crippen LogP contribution in [0.15, 0.2) is 240 Å². The van der Waals surface area contributed by atoms with Crippen LogP contribution in [0.2, 0.25) is 0 Å². The molecule has 589 valence electrons. The Morgan fingerprint density at radius 2 is 0.809 bits per heavy atom. The van der Waals surface area contributed by atoms with Gasteiger partial charge in [-0.1, -0.05) is 37.3 Å². The SMILES string of the molecule is CCOC(=O)c1c[nH]c2c(F)cccc2c1=O.CCOC(=O)c1cn(Cc2ccc(Br)cn2)c2c(F)cccc2c1=O.CCc1ccc(Br)cn1.O=C(O)c1cn(Cc2ccc(-c3ccc(F)nc3)cn2)c2c(F)cccc2c1=O.O=C(O)c1cn(Cc2ccc(Br)cn2)c2c(F)cccc2c1=O.O[B]Oc1ccc(F)nc1.[2H]CF. The van der Waals surface area contributed by atoms with Gasteiger partial charge >= 0.3 is 31.6 Å². The average molecular weight is 1770 g/mol. The predicted molar refractivity (Wildman–Crippen MR) is 425 cm³/mol. The number of esters is 2. The van der Waals surface area contributed by atoms with Gasteiger partial charge in [0.05, 0.1) is 86.7 Å². The second-order valence-electron chi connectivity index (χ2n) is 23.4. The summed E-state index contributed by atoms with van der Waals surface area (Å²) in [6.07, 6.45) is 14.9. The zero-order valence-corrected chi connectivity index (χ0v) is 65.1. The Kier molecular flexibility index (Phi) is 31.7. The maximum atomic E-state index is 14.4. The van der Waals surface area contributed by atoms with E-state index in [0.29, 0.717) is 41.6 Å². The molecule has 0 aliphatic carbocycles. The molecule has 4 aromatic carbocycles. The molecule has 10 heterocycles. The van der Waals surface area contributed by atoms with Crippen LogP contribution in [0, 0.1) is 35.2 Å². The Bertz CT molecular complexity index is 6070. The molecule has 14 aromatic rings. The van der Waals surface area contributed by atoms with E-state index in [-0.39, 0.29) is 87.6 Å². The van der Waals surface area contributed by atoms with Gasteiger partial charge in [-0.15, -0.1) is 0 Å². The van der Waals surface area contributed by atoms with Crippen molar-refractivity contribution in [2.24, 2.45) is 0 Å². The Balaban J connectivity index is 0.000000179. The Hall–Kier alpha value is -12.7. The highest BCUT2D eigenvalue weighted by Gasteiger charge is 2.22. The monoisotopic (exact) mass is 1770 g/mol. The number of nitrogens with one attached hydrogen (secondary N) is 1. The van der Waals surface area contributed by atoms with Crippen molar-refractivity contribution in [1.29, 1.82) is 0 Å². The van der Waals surface area contributed by atoms with Gasteiger partial charge in [-0.05, 0) is 183 Å². The normalized spacial score (nSPS) is 10.5. The van der Waals surface area contributed by atoms with E-state index in [9.17, 15) is 79.3 Å². The Morgan fingerprint density at radius 3 is 1.17 bits per heavy atom. The summed E-state index contributed by atoms with van der Waals surface area (Å²) in [4.78, 5) is 122. The lowest BCUT2D eigenvalue weighted by molar-refractivity contribution is 0.0514. The molecule has 0 bridgehead atoms. The highest BCUT2D eigenvalue weighted by Crippen LogP contribution is 2.24. The number of aromatic carboxylic acids is 2. The number of aromatic amines is 1. The van der Waals surface area contributed by atoms with E-state index < -0.39 is 99.0 Å². The van der Waals surface area contributed by atoms with Crippen molar-refractivity contribution in [3.63, 3.8) is 0 Å². The first kappa shape index (κ1) is 86.3. The summed E-state index contributed by atoms with van der Waals surface area (Å²) in [6, 6.07) is 36.2. The Morgan fingerprint density at radius 1 is 0.452 bits per heavy atom. The van der Waals surface area contributed by atoms with E-state index >= 15 is 0 Å². The van der Waals surface area contributed by atoms with E-state index in [1.54, 1.807) is 68.8 Å². The smallest absolute Gasteiger partial charge is 0.536 e. The fourth-order valence-corrected chi connectivity index (χ4v) is 11.4. The third-order valence-electron chi connectivity index (χ3n) is 16.0. The summed E-state index contributed by atoms with van der Waals surface area (Å²) < 4.78 is 118. The minimum absolute atomic E-state index is 0.0103. The fourth-order valence-electron chi connectivity index (χ4n) is 10.7. The standard InChI is InChI=1S/C21H13F2N3O3.C18H14BrFN2O3.C16H10BrFN2O3.C12H10FNO3.C7H8BrN.C5H4BFNO2.CH3F/c22-17-3-1-2-15-19(17)26(11-16(20(15)27)21(28)29)10-14-6-4-12(8-24-14)13-5-7-18(23)25-9-13;1-2-25-18(24)14-10-22(9-12-7-6-11(19)8-21-12)16-13(17(14)23)4-3-5-15(16)20;17-9-4-5-10(19-6-9)7-20-8-12(16(22)23)15(21)11-2-1-3-13(18)14(11)20;1-2-17-12(16)8-6-14-10-7(11(8)15)4-3-5-9(10)13;1-2-7-4-3-6(8)5-9-7;7-5-2-1-4(3-8-5)10-6-9;1-2/h1-9,11H,10H2,(H,28,29);3-8,10H,2,9H2,1H3;1-6,8H,7H2,(H,22,23);3-6H,2H2,1H3,(H,14,15);3-5H,2H2,1H3;1-3,9H;1H3/i;;;;;;1D. The molecule has 0 aliphatic rings. The number of benzene rings is 4. The molecule has 115 heavy (non-hydrogen) atoms. The van der Waals surface area contributed by atoms with Gasteiger partial charge < -0.3 is 48.1 Å². The largest absolute Gasteiger partial charge is 0.569 e. The van der Waals surface area contributed by atoms with Crippen LogP contribution in [0.1, 0.15) is 86.3 Å². The number of hydrogen-bond acceptors (Lipinski definition) is 18. The second kappa shape index (κ2) is 42.2. The van der Waals surface area contributed by atoms with Crippen molar-refractivity contribution in [2.75, 3.05) is 20.4 Å². The molecule has 0 aliphatic heterocycles. The summed E-state index contributed by atoms with van der Waals surface area (Å²) in [5, 5.41) is 26.9. The Labute approximate surface area is 674 Å². The van der Waals surface area contributed by atoms with Crippen LogP contribution in [0.3, 0.4) is 0 Å². The van der Waals surface area contributed by atoms with E-state index in [1.165, 1.54) is 123 Å². The minimum atomic E-state index is -1.39. The number of aryl methyl sites for hydroxylation is 1. The predicted octanol–water partition coefficient (Wildman–Crippen LogP) is 15.0. The number of rotatable bonds is 16. The first-order valence-electron chi connectivity index (χ1n) is 34.4. The van der Waals surface area contributed by atoms with Gasteiger partial charge in [-0.25, -0.2) is 46.7 Å². The molecule has 0 saturated carbocycles. The number of carbonyl (C=O) groups is 4. The molecule has 0 fully saturated rings. The van der Waals surface area contributed by atoms with Gasteiger partial charge in [0.2, 0.25) is 33.6 Å². The van der Waals surface area contributed by atoms with E-state index in [4.69, 9.17) is 15.9 Å². The van der Waals surface area contributed by atoms with Crippen LogP contribution in [0.4, 0.5) is 30.7 Å². The summed E-state index contributed by atoms with van der Waals surface area (Å²) in [5.74, 6) is -7.33. The molecule has 0 saturated heterocycles. The first-order valence-corrected chi connectivity index (χ1v) is 36.0. The molecule has 10 aromatic heterocycles. The molecule has 24 nitrogen and oxygen atoms in total. The molecular formula is C80H62BBr3F7N10O14. The summed E-state index contributed by atoms with van der Waals surface area (Å²) in [7, 11) is -0.491. The van der Waals surface area contributed by atoms with Gasteiger partial charge in [0.15, 0.2) is 0 Å². The number of hydrogen-bond donors (Lipinski definition) is 4. The molecule has 14 rings (SSSR count). The van der Waals surface area contributed by atoms with Gasteiger partial charge in [0.1, 0.15) is 51.3 Å². The number of alkyl halides is 1. The molecule has 4 N–H and O–H groups in total. The van der Waals surface area contributed by atoms with Crippen molar-refractivity contribution in [1.82, 2.24) is 48.6 Å². The zero-order valence-electron chi connectivity index (χ0n) is 61.3. The third kappa shape index (κ3) is 23.2. The molecule has 35 heteroatoms. The van der Waals surface area contributed by atoms with E-state index in [1.807, 2.05) is 24.4 Å². The molecule has 0 amide bonds. The number of aromatic nitrogens is 10. The van der Waals surface area contributed by atoms with E-state index in [2.05, 4.69) is 94.3 Å². The van der Waals surface area contributed by atoms with Gasteiger partial charge in [0.25, 0.3) is 0 Å². The quantitative estimate of drug-likeness (QED) is 0.0302. The van der Waals surface area contributed by atoms with Crippen molar-refractivity contribution >= 4 is 123 Å². The lowest BCUT2D eigenvalue weighted by Crippen LogP contribution is -2.22. The molecular weight excluding hydrogens is 1710 g/mol. The first-order chi connectivity index (χ1) is 55.6. The maximum absolute atomic E-state index is 14.4. The number of carboxylic acids is 2. The van der Waals surface area contributed by atoms with Crippen LogP contribution in [-0.4, -0.2) is 116 Å². The molecule has 0 atom stereocenters. The van der Waals surface area contributed by atoms with Crippen molar-refractivity contribution < 1.29 is 80.6 Å². The van der Waals surface area contributed by atoms with Crippen LogP contribution in [0.25, 0.3) is 54.7 Å². The van der Waals surface area contributed by atoms with Crippen molar-refractivity contribution in [3.05, 3.63) is 342 Å². The third-order valence-corrected chi connectivity index (χ3v) is 17.4. The number of halogens is 10. The van der Waals surface area contributed by atoms with Gasteiger partial charge in [0, 0.05) is 108 Å². The molecule has 1 radical (unpaired) electrons. The number of carbonyl (C=O) groups excluding carboxylic acids is 2. The van der Waals surface area contributed by atoms with Gasteiger partial charge in [-0.3, -0.25) is 43.5 Å². The summed E-state index contributed by atoms with van der Waals surface area (Å²) >= 11 is 9.89.